The van der Waals surface area contributed by atoms with Gasteiger partial charge in [0.15, 0.2) is 16.7 Å². The third kappa shape index (κ3) is 4.60. The fourth-order valence-corrected chi connectivity index (χ4v) is 5.42. The van der Waals surface area contributed by atoms with Crippen molar-refractivity contribution < 1.29 is 19.7 Å². The van der Waals surface area contributed by atoms with Crippen LogP contribution in [0.25, 0.3) is 17.2 Å². The first-order chi connectivity index (χ1) is 15.7. The van der Waals surface area contributed by atoms with E-state index in [1.54, 1.807) is 23.1 Å². The Balaban J connectivity index is 1.76. The van der Waals surface area contributed by atoms with Gasteiger partial charge in [-0.3, -0.25) is 4.79 Å². The minimum atomic E-state index is -0.329. The molecule has 1 aliphatic carbocycles. The molecule has 1 aliphatic heterocycles. The molecule has 1 fully saturated rings. The minimum absolute atomic E-state index is 0.0290. The van der Waals surface area contributed by atoms with Gasteiger partial charge < -0.3 is 19.8 Å². The number of methoxy groups -OCH3 is 1. The van der Waals surface area contributed by atoms with Gasteiger partial charge >= 0.3 is 0 Å². The minimum Gasteiger partial charge on any atom is -0.508 e. The number of hydrogen-bond donors (Lipinski definition) is 2. The number of phenols is 2. The second kappa shape index (κ2) is 9.14. The Bertz CT molecular complexity index is 1150. The molecule has 2 aromatic carbocycles. The Morgan fingerprint density at radius 3 is 2.45 bits per heavy atom. The highest BCUT2D eigenvalue weighted by Crippen LogP contribution is 2.45. The van der Waals surface area contributed by atoms with Crippen LogP contribution in [-0.2, 0) is 10.2 Å². The number of amidine groups is 1. The van der Waals surface area contributed by atoms with Gasteiger partial charge in [-0.05, 0) is 71.5 Å². The van der Waals surface area contributed by atoms with Crippen LogP contribution in [0.5, 0.6) is 17.2 Å². The average Bonchev–Trinajstić information content (AvgIpc) is 3.16. The van der Waals surface area contributed by atoms with E-state index in [1.165, 1.54) is 25.3 Å². The summed E-state index contributed by atoms with van der Waals surface area (Å²) >= 11 is 1.27. The van der Waals surface area contributed by atoms with Crippen molar-refractivity contribution in [1.29, 1.82) is 0 Å². The quantitative estimate of drug-likeness (QED) is 0.577. The molecule has 1 amide bonds. The van der Waals surface area contributed by atoms with E-state index in [0.29, 0.717) is 27.1 Å². The molecular weight excluding hydrogens is 436 g/mol. The SMILES string of the molecule is COc1cc(-c2ccc(O)c(C3(C)CCCCC3)c2)cc(/C=C2\SC(N(C)C)=NC2=O)c1O. The zero-order valence-electron chi connectivity index (χ0n) is 19.5. The number of benzene rings is 2. The first-order valence-corrected chi connectivity index (χ1v) is 12.0. The highest BCUT2D eigenvalue weighted by atomic mass is 32.2. The molecule has 6 nitrogen and oxygen atoms in total. The molecule has 0 saturated heterocycles. The number of ether oxygens (including phenoxy) is 1. The van der Waals surface area contributed by atoms with Crippen molar-refractivity contribution in [3.63, 3.8) is 0 Å². The zero-order valence-corrected chi connectivity index (χ0v) is 20.3. The van der Waals surface area contributed by atoms with Gasteiger partial charge in [-0.25, -0.2) is 0 Å². The van der Waals surface area contributed by atoms with Gasteiger partial charge in [0.1, 0.15) is 5.75 Å². The van der Waals surface area contributed by atoms with Gasteiger partial charge in [0.05, 0.1) is 12.0 Å². The fraction of sp³-hybridized carbons (Fsp3) is 0.385. The maximum Gasteiger partial charge on any atom is 0.286 e. The van der Waals surface area contributed by atoms with Gasteiger partial charge in [0.25, 0.3) is 5.91 Å². The maximum atomic E-state index is 12.4. The number of aromatic hydroxyl groups is 2. The summed E-state index contributed by atoms with van der Waals surface area (Å²) in [6.07, 6.45) is 7.31. The van der Waals surface area contributed by atoms with Gasteiger partial charge in [0, 0.05) is 25.2 Å². The second-order valence-electron chi connectivity index (χ2n) is 9.17. The summed E-state index contributed by atoms with van der Waals surface area (Å²) in [7, 11) is 5.17. The number of carbonyl (C=O) groups excluding carboxylic acids is 1. The zero-order chi connectivity index (χ0) is 23.8. The van der Waals surface area contributed by atoms with Gasteiger partial charge in [-0.1, -0.05) is 32.3 Å². The van der Waals surface area contributed by atoms with Gasteiger partial charge in [-0.15, -0.1) is 0 Å². The molecule has 33 heavy (non-hydrogen) atoms. The van der Waals surface area contributed by atoms with Crippen LogP contribution in [0.4, 0.5) is 0 Å². The van der Waals surface area contributed by atoms with E-state index in [-0.39, 0.29) is 17.1 Å². The van der Waals surface area contributed by atoms with Crippen LogP contribution in [0.1, 0.15) is 50.2 Å². The number of hydrogen-bond acceptors (Lipinski definition) is 6. The molecule has 4 rings (SSSR count). The lowest BCUT2D eigenvalue weighted by atomic mass is 9.70. The number of phenolic OH excluding ortho intramolecular Hbond substituents is 2. The molecule has 0 bridgehead atoms. The van der Waals surface area contributed by atoms with Crippen molar-refractivity contribution in [2.75, 3.05) is 21.2 Å². The molecule has 1 heterocycles. The topological polar surface area (TPSA) is 82.4 Å². The van der Waals surface area contributed by atoms with Crippen molar-refractivity contribution in [1.82, 2.24) is 4.90 Å². The van der Waals surface area contributed by atoms with E-state index in [4.69, 9.17) is 4.74 Å². The first kappa shape index (κ1) is 23.2. The Labute approximate surface area is 199 Å². The highest BCUT2D eigenvalue weighted by Gasteiger charge is 2.31. The molecular formula is C26H30N2O4S. The molecule has 7 heteroatoms. The van der Waals surface area contributed by atoms with E-state index in [9.17, 15) is 15.0 Å². The number of amides is 1. The number of nitrogens with zero attached hydrogens (tertiary/aromatic N) is 2. The average molecular weight is 467 g/mol. The van der Waals surface area contributed by atoms with Crippen molar-refractivity contribution in [3.05, 3.63) is 46.4 Å². The Kier molecular flexibility index (Phi) is 6.43. The van der Waals surface area contributed by atoms with E-state index in [0.717, 1.165) is 42.4 Å². The van der Waals surface area contributed by atoms with E-state index in [2.05, 4.69) is 11.9 Å². The van der Waals surface area contributed by atoms with Crippen molar-refractivity contribution in [3.8, 4) is 28.4 Å². The monoisotopic (exact) mass is 466 g/mol. The smallest absolute Gasteiger partial charge is 0.286 e. The van der Waals surface area contributed by atoms with Gasteiger partial charge in [-0.2, -0.15) is 4.99 Å². The fourth-order valence-electron chi connectivity index (χ4n) is 4.59. The van der Waals surface area contributed by atoms with Crippen LogP contribution >= 0.6 is 11.8 Å². The van der Waals surface area contributed by atoms with E-state index < -0.39 is 0 Å². The van der Waals surface area contributed by atoms with Crippen LogP contribution in [0, 0.1) is 0 Å². The van der Waals surface area contributed by atoms with Crippen molar-refractivity contribution in [2.24, 2.45) is 4.99 Å². The van der Waals surface area contributed by atoms with Crippen molar-refractivity contribution >= 4 is 28.9 Å². The van der Waals surface area contributed by atoms with Crippen LogP contribution in [0.2, 0.25) is 0 Å². The predicted octanol–water partition coefficient (Wildman–Crippen LogP) is 5.53. The lowest BCUT2D eigenvalue weighted by molar-refractivity contribution is -0.113. The van der Waals surface area contributed by atoms with E-state index in [1.807, 2.05) is 32.3 Å². The molecule has 2 aliphatic rings. The summed E-state index contributed by atoms with van der Waals surface area (Å²) < 4.78 is 5.43. The normalized spacial score (nSPS) is 19.0. The Morgan fingerprint density at radius 2 is 1.82 bits per heavy atom. The van der Waals surface area contributed by atoms with E-state index >= 15 is 0 Å². The third-order valence-corrected chi connectivity index (χ3v) is 7.69. The summed E-state index contributed by atoms with van der Waals surface area (Å²) in [6.45, 7) is 2.23. The molecule has 0 spiro atoms. The molecule has 0 unspecified atom stereocenters. The van der Waals surface area contributed by atoms with Crippen LogP contribution in [0.3, 0.4) is 0 Å². The van der Waals surface area contributed by atoms with Crippen molar-refractivity contribution in [2.45, 2.75) is 44.4 Å². The van der Waals surface area contributed by atoms with Crippen LogP contribution in [-0.4, -0.2) is 47.4 Å². The third-order valence-electron chi connectivity index (χ3n) is 6.54. The molecule has 174 valence electrons. The summed E-state index contributed by atoms with van der Waals surface area (Å²) in [5, 5.41) is 22.0. The predicted molar refractivity (Wildman–Crippen MR) is 134 cm³/mol. The molecule has 0 radical (unpaired) electrons. The van der Waals surface area contributed by atoms with Gasteiger partial charge in [0.2, 0.25) is 0 Å². The number of carbonyl (C=O) groups is 1. The number of thioether (sulfide) groups is 1. The molecule has 0 atom stereocenters. The summed E-state index contributed by atoms with van der Waals surface area (Å²) in [6, 6.07) is 9.28. The summed E-state index contributed by atoms with van der Waals surface area (Å²) in [5.41, 5.74) is 3.13. The first-order valence-electron chi connectivity index (χ1n) is 11.2. The maximum absolute atomic E-state index is 12.4. The number of aliphatic imine (C=N–C) groups is 1. The molecule has 0 aromatic heterocycles. The lowest BCUT2D eigenvalue weighted by Gasteiger charge is -2.35. The number of rotatable bonds is 4. The van der Waals surface area contributed by atoms with Crippen LogP contribution in [0.15, 0.2) is 40.2 Å². The standard InChI is InChI=1S/C26H30N2O4S/c1-26(10-6-5-7-11-26)19-13-16(8-9-20(19)29)17-12-18(23(30)21(14-17)32-4)15-22-24(31)27-25(33-22)28(2)3/h8-9,12-15,29-30H,5-7,10-11H2,1-4H3/b22-15-. The Morgan fingerprint density at radius 1 is 1.09 bits per heavy atom. The summed E-state index contributed by atoms with van der Waals surface area (Å²) in [4.78, 5) is 18.6. The second-order valence-corrected chi connectivity index (χ2v) is 10.2. The Hall–Kier alpha value is -2.93. The molecule has 2 aromatic rings. The summed E-state index contributed by atoms with van der Waals surface area (Å²) in [5.74, 6) is 0.280. The molecule has 1 saturated carbocycles. The highest BCUT2D eigenvalue weighted by molar-refractivity contribution is 8.18. The lowest BCUT2D eigenvalue weighted by Crippen LogP contribution is -2.25. The molecule has 2 N–H and O–H groups in total. The largest absolute Gasteiger partial charge is 0.508 e. The van der Waals surface area contributed by atoms with Crippen LogP contribution < -0.4 is 4.74 Å².